The molecular weight excluding hydrogens is 304 g/mol. The highest BCUT2D eigenvalue weighted by molar-refractivity contribution is 9.10. The van der Waals surface area contributed by atoms with Crippen molar-refractivity contribution in [1.29, 1.82) is 0 Å². The topological polar surface area (TPSA) is 50.7 Å². The van der Waals surface area contributed by atoms with Crippen molar-refractivity contribution in [3.63, 3.8) is 0 Å². The zero-order valence-electron chi connectivity index (χ0n) is 11.3. The summed E-state index contributed by atoms with van der Waals surface area (Å²) in [5.74, 6) is 1.92. The molecule has 2 aromatic rings. The zero-order chi connectivity index (χ0) is 13.8. The molecule has 5 heteroatoms. The Balaban J connectivity index is 2.49. The molecule has 0 radical (unpaired) electrons. The first-order valence-corrected chi connectivity index (χ1v) is 7.13. The standard InChI is InChI=1S/C14H17BrN4/c1-4-17-13-6-12(9(2)3)18-14(19-13)10-5-11(15)8-16-7-10/h5-9H,4H2,1-3H3,(H,17,18,19). The Morgan fingerprint density at radius 3 is 2.63 bits per heavy atom. The molecule has 0 saturated heterocycles. The van der Waals surface area contributed by atoms with Crippen molar-refractivity contribution in [3.05, 3.63) is 34.7 Å². The number of nitrogens with zero attached hydrogens (tertiary/aromatic N) is 3. The fraction of sp³-hybridized carbons (Fsp3) is 0.357. The molecule has 0 amide bonds. The summed E-state index contributed by atoms with van der Waals surface area (Å²) in [4.78, 5) is 13.3. The molecule has 0 spiro atoms. The van der Waals surface area contributed by atoms with Gasteiger partial charge in [-0.05, 0) is 34.8 Å². The van der Waals surface area contributed by atoms with Gasteiger partial charge in [-0.2, -0.15) is 0 Å². The average Bonchev–Trinajstić information content (AvgIpc) is 2.38. The van der Waals surface area contributed by atoms with Crippen molar-refractivity contribution in [1.82, 2.24) is 15.0 Å². The summed E-state index contributed by atoms with van der Waals surface area (Å²) in [5.41, 5.74) is 1.94. The molecule has 2 heterocycles. The molecule has 4 nitrogen and oxygen atoms in total. The molecule has 0 aromatic carbocycles. The van der Waals surface area contributed by atoms with Gasteiger partial charge < -0.3 is 5.32 Å². The maximum absolute atomic E-state index is 4.61. The number of pyridine rings is 1. The van der Waals surface area contributed by atoms with Crippen LogP contribution >= 0.6 is 15.9 Å². The van der Waals surface area contributed by atoms with E-state index in [0.29, 0.717) is 11.7 Å². The second kappa shape index (κ2) is 6.10. The molecule has 0 aliphatic heterocycles. The molecule has 0 aliphatic carbocycles. The second-order valence-electron chi connectivity index (χ2n) is 4.58. The molecule has 19 heavy (non-hydrogen) atoms. The van der Waals surface area contributed by atoms with Gasteiger partial charge >= 0.3 is 0 Å². The third-order valence-electron chi connectivity index (χ3n) is 2.66. The Hall–Kier alpha value is -1.49. The van der Waals surface area contributed by atoms with Crippen molar-refractivity contribution in [2.75, 3.05) is 11.9 Å². The highest BCUT2D eigenvalue weighted by Crippen LogP contribution is 2.23. The fourth-order valence-electron chi connectivity index (χ4n) is 1.70. The van der Waals surface area contributed by atoms with E-state index in [1.165, 1.54) is 0 Å². The summed E-state index contributed by atoms with van der Waals surface area (Å²) in [7, 11) is 0. The van der Waals surface area contributed by atoms with Crippen LogP contribution in [-0.2, 0) is 0 Å². The Bertz CT molecular complexity index is 569. The third kappa shape index (κ3) is 3.50. The number of anilines is 1. The van der Waals surface area contributed by atoms with Crippen LogP contribution in [0.2, 0.25) is 0 Å². The highest BCUT2D eigenvalue weighted by Gasteiger charge is 2.09. The summed E-state index contributed by atoms with van der Waals surface area (Å²) in [5, 5.41) is 3.24. The third-order valence-corrected chi connectivity index (χ3v) is 3.09. The first kappa shape index (κ1) is 13.9. The van der Waals surface area contributed by atoms with Crippen molar-refractivity contribution in [3.8, 4) is 11.4 Å². The van der Waals surface area contributed by atoms with Crippen LogP contribution in [0.25, 0.3) is 11.4 Å². The number of hydrogen-bond acceptors (Lipinski definition) is 4. The summed E-state index contributed by atoms with van der Waals surface area (Å²) in [6, 6.07) is 3.98. The predicted molar refractivity (Wildman–Crippen MR) is 81.2 cm³/mol. The van der Waals surface area contributed by atoms with E-state index in [9.17, 15) is 0 Å². The molecule has 0 bridgehead atoms. The Morgan fingerprint density at radius 2 is 2.00 bits per heavy atom. The van der Waals surface area contributed by atoms with Crippen LogP contribution in [0.3, 0.4) is 0 Å². The lowest BCUT2D eigenvalue weighted by atomic mass is 10.1. The number of hydrogen-bond donors (Lipinski definition) is 1. The smallest absolute Gasteiger partial charge is 0.163 e. The van der Waals surface area contributed by atoms with Gasteiger partial charge in [0.15, 0.2) is 5.82 Å². The van der Waals surface area contributed by atoms with Gasteiger partial charge in [-0.25, -0.2) is 9.97 Å². The second-order valence-corrected chi connectivity index (χ2v) is 5.49. The van der Waals surface area contributed by atoms with Gasteiger partial charge in [-0.3, -0.25) is 4.98 Å². The molecule has 0 saturated carbocycles. The number of halogens is 1. The Kier molecular flexibility index (Phi) is 4.47. The Morgan fingerprint density at radius 1 is 1.21 bits per heavy atom. The van der Waals surface area contributed by atoms with E-state index in [2.05, 4.69) is 57.0 Å². The first-order valence-electron chi connectivity index (χ1n) is 6.34. The van der Waals surface area contributed by atoms with Crippen molar-refractivity contribution in [2.45, 2.75) is 26.7 Å². The van der Waals surface area contributed by atoms with E-state index in [0.717, 1.165) is 28.1 Å². The van der Waals surface area contributed by atoms with Gasteiger partial charge in [0.2, 0.25) is 0 Å². The summed E-state index contributed by atoms with van der Waals surface area (Å²) in [6.45, 7) is 7.14. The molecule has 0 aliphatic rings. The lowest BCUT2D eigenvalue weighted by Gasteiger charge is -2.11. The fourth-order valence-corrected chi connectivity index (χ4v) is 2.06. The van der Waals surface area contributed by atoms with Crippen LogP contribution in [0.4, 0.5) is 5.82 Å². The number of nitrogens with one attached hydrogen (secondary N) is 1. The van der Waals surface area contributed by atoms with E-state index in [4.69, 9.17) is 0 Å². The maximum Gasteiger partial charge on any atom is 0.163 e. The molecule has 2 aromatic heterocycles. The molecule has 0 atom stereocenters. The summed E-state index contributed by atoms with van der Waals surface area (Å²) >= 11 is 3.42. The average molecular weight is 321 g/mol. The van der Waals surface area contributed by atoms with Crippen molar-refractivity contribution in [2.24, 2.45) is 0 Å². The molecule has 1 N–H and O–H groups in total. The van der Waals surface area contributed by atoms with Gasteiger partial charge in [0.05, 0.1) is 0 Å². The normalized spacial score (nSPS) is 10.8. The minimum atomic E-state index is 0.360. The van der Waals surface area contributed by atoms with E-state index < -0.39 is 0 Å². The lowest BCUT2D eigenvalue weighted by molar-refractivity contribution is 0.816. The van der Waals surface area contributed by atoms with Crippen LogP contribution in [0.1, 0.15) is 32.4 Å². The number of rotatable bonds is 4. The van der Waals surface area contributed by atoms with E-state index in [1.54, 1.807) is 12.4 Å². The molecule has 0 fully saturated rings. The lowest BCUT2D eigenvalue weighted by Crippen LogP contribution is -2.05. The maximum atomic E-state index is 4.61. The molecule has 2 rings (SSSR count). The van der Waals surface area contributed by atoms with Gasteiger partial charge in [0.1, 0.15) is 5.82 Å². The van der Waals surface area contributed by atoms with Gasteiger partial charge in [0.25, 0.3) is 0 Å². The van der Waals surface area contributed by atoms with E-state index >= 15 is 0 Å². The van der Waals surface area contributed by atoms with E-state index in [1.807, 2.05) is 12.1 Å². The number of aromatic nitrogens is 3. The Labute approximate surface area is 121 Å². The highest BCUT2D eigenvalue weighted by atomic mass is 79.9. The van der Waals surface area contributed by atoms with Crippen LogP contribution in [0.5, 0.6) is 0 Å². The first-order chi connectivity index (χ1) is 9.10. The minimum absolute atomic E-state index is 0.360. The van der Waals surface area contributed by atoms with Crippen LogP contribution in [0, 0.1) is 0 Å². The summed E-state index contributed by atoms with van der Waals surface area (Å²) < 4.78 is 0.925. The quantitative estimate of drug-likeness (QED) is 0.929. The van der Waals surface area contributed by atoms with Gasteiger partial charge in [-0.1, -0.05) is 13.8 Å². The minimum Gasteiger partial charge on any atom is -0.370 e. The zero-order valence-corrected chi connectivity index (χ0v) is 12.9. The van der Waals surface area contributed by atoms with E-state index in [-0.39, 0.29) is 0 Å². The van der Waals surface area contributed by atoms with Crippen LogP contribution < -0.4 is 5.32 Å². The SMILES string of the molecule is CCNc1cc(C(C)C)nc(-c2cncc(Br)c2)n1. The predicted octanol–water partition coefficient (Wildman–Crippen LogP) is 3.86. The molecular formula is C14H17BrN4. The monoisotopic (exact) mass is 320 g/mol. The van der Waals surface area contributed by atoms with Crippen LogP contribution in [-0.4, -0.2) is 21.5 Å². The molecule has 0 unspecified atom stereocenters. The van der Waals surface area contributed by atoms with Gasteiger partial charge in [-0.15, -0.1) is 0 Å². The van der Waals surface area contributed by atoms with Crippen molar-refractivity contribution < 1.29 is 0 Å². The van der Waals surface area contributed by atoms with Gasteiger partial charge in [0, 0.05) is 40.7 Å². The molecule has 100 valence electrons. The van der Waals surface area contributed by atoms with Crippen molar-refractivity contribution >= 4 is 21.7 Å². The van der Waals surface area contributed by atoms with Crippen LogP contribution in [0.15, 0.2) is 29.0 Å². The largest absolute Gasteiger partial charge is 0.370 e. The summed E-state index contributed by atoms with van der Waals surface area (Å²) in [6.07, 6.45) is 3.53.